The van der Waals surface area contributed by atoms with Gasteiger partial charge in [-0.2, -0.15) is 0 Å². The number of nitrogen functional groups attached to an aromatic ring is 1. The van der Waals surface area contributed by atoms with Gasteiger partial charge in [-0.15, -0.1) is 0 Å². The van der Waals surface area contributed by atoms with Crippen molar-refractivity contribution in [3.8, 4) is 0 Å². The molecule has 1 saturated heterocycles. The number of hydrogen-bond donors (Lipinski definition) is 1. The minimum atomic E-state index is 0.583. The zero-order valence-electron chi connectivity index (χ0n) is 11.3. The molecule has 2 N–H and O–H groups in total. The average Bonchev–Trinajstić information content (AvgIpc) is 2.29. The maximum Gasteiger partial charge on any atom is 0.0417 e. The molecule has 2 unspecified atom stereocenters. The molecule has 1 heterocycles. The molecular formula is C14H23N3. The minimum Gasteiger partial charge on any atom is -0.398 e. The maximum absolute atomic E-state index is 5.99. The third kappa shape index (κ3) is 2.25. The second-order valence-electron chi connectivity index (χ2n) is 5.26. The highest BCUT2D eigenvalue weighted by Gasteiger charge is 2.27. The molecule has 0 aliphatic carbocycles. The summed E-state index contributed by atoms with van der Waals surface area (Å²) < 4.78 is 0. The number of benzene rings is 1. The van der Waals surface area contributed by atoms with Gasteiger partial charge in [-0.25, -0.2) is 0 Å². The lowest BCUT2D eigenvalue weighted by atomic mass is 10.1. The van der Waals surface area contributed by atoms with Crippen LogP contribution in [0.5, 0.6) is 0 Å². The third-order valence-electron chi connectivity index (χ3n) is 4.05. The Bertz CT molecular complexity index is 390. The molecule has 0 saturated carbocycles. The van der Waals surface area contributed by atoms with Crippen molar-refractivity contribution < 1.29 is 0 Å². The summed E-state index contributed by atoms with van der Waals surface area (Å²) in [5, 5.41) is 0. The van der Waals surface area contributed by atoms with E-state index in [-0.39, 0.29) is 0 Å². The van der Waals surface area contributed by atoms with Crippen LogP contribution in [0.4, 0.5) is 11.4 Å². The first-order valence-corrected chi connectivity index (χ1v) is 6.32. The molecule has 1 aromatic carbocycles. The predicted octanol–water partition coefficient (Wildman–Crippen LogP) is 2.11. The zero-order valence-corrected chi connectivity index (χ0v) is 11.3. The van der Waals surface area contributed by atoms with Crippen molar-refractivity contribution in [2.45, 2.75) is 32.9 Å². The fourth-order valence-corrected chi connectivity index (χ4v) is 2.58. The minimum absolute atomic E-state index is 0.583. The number of rotatable bonds is 1. The van der Waals surface area contributed by atoms with Gasteiger partial charge < -0.3 is 10.6 Å². The van der Waals surface area contributed by atoms with Gasteiger partial charge in [-0.3, -0.25) is 4.90 Å². The van der Waals surface area contributed by atoms with Crippen LogP contribution in [0, 0.1) is 6.92 Å². The summed E-state index contributed by atoms with van der Waals surface area (Å²) >= 11 is 0. The number of likely N-dealkylation sites (N-methyl/N-ethyl adjacent to an activating group) is 1. The highest BCUT2D eigenvalue weighted by molar-refractivity contribution is 5.64. The van der Waals surface area contributed by atoms with E-state index in [9.17, 15) is 0 Å². The standard InChI is InChI=1S/C14H23N3/c1-10-8-17(9-11(2)16(10)4)14-7-5-6-13(15)12(14)3/h5-7,10-11H,8-9,15H2,1-4H3. The van der Waals surface area contributed by atoms with Crippen LogP contribution in [0.2, 0.25) is 0 Å². The van der Waals surface area contributed by atoms with Crippen molar-refractivity contribution in [1.82, 2.24) is 4.90 Å². The number of nitrogens with zero attached hydrogens (tertiary/aromatic N) is 2. The first-order valence-electron chi connectivity index (χ1n) is 6.32. The molecule has 1 fully saturated rings. The molecule has 17 heavy (non-hydrogen) atoms. The lowest BCUT2D eigenvalue weighted by Crippen LogP contribution is -2.55. The molecule has 2 rings (SSSR count). The van der Waals surface area contributed by atoms with E-state index in [0.29, 0.717) is 12.1 Å². The van der Waals surface area contributed by atoms with Gasteiger partial charge >= 0.3 is 0 Å². The molecule has 2 atom stereocenters. The highest BCUT2D eigenvalue weighted by atomic mass is 15.3. The molecule has 1 aromatic rings. The molecule has 3 nitrogen and oxygen atoms in total. The van der Waals surface area contributed by atoms with E-state index in [0.717, 1.165) is 18.8 Å². The van der Waals surface area contributed by atoms with Crippen molar-refractivity contribution in [2.24, 2.45) is 0 Å². The Morgan fingerprint density at radius 2 is 1.76 bits per heavy atom. The largest absolute Gasteiger partial charge is 0.398 e. The van der Waals surface area contributed by atoms with Crippen molar-refractivity contribution >= 4 is 11.4 Å². The fraction of sp³-hybridized carbons (Fsp3) is 0.571. The summed E-state index contributed by atoms with van der Waals surface area (Å²) in [4.78, 5) is 4.90. The van der Waals surface area contributed by atoms with Crippen molar-refractivity contribution in [3.63, 3.8) is 0 Å². The van der Waals surface area contributed by atoms with Crippen LogP contribution in [0.1, 0.15) is 19.4 Å². The fourth-order valence-electron chi connectivity index (χ4n) is 2.58. The summed E-state index contributed by atoms with van der Waals surface area (Å²) in [5.41, 5.74) is 9.37. The molecule has 0 amide bonds. The monoisotopic (exact) mass is 233 g/mol. The lowest BCUT2D eigenvalue weighted by Gasteiger charge is -2.44. The Hall–Kier alpha value is -1.22. The smallest absolute Gasteiger partial charge is 0.0417 e. The van der Waals surface area contributed by atoms with Crippen LogP contribution < -0.4 is 10.6 Å². The molecule has 3 heteroatoms. The van der Waals surface area contributed by atoms with E-state index >= 15 is 0 Å². The van der Waals surface area contributed by atoms with Crippen LogP contribution in [-0.4, -0.2) is 37.1 Å². The van der Waals surface area contributed by atoms with E-state index in [1.807, 2.05) is 12.1 Å². The van der Waals surface area contributed by atoms with Gasteiger partial charge in [0.1, 0.15) is 0 Å². The summed E-state index contributed by atoms with van der Waals surface area (Å²) in [6, 6.07) is 7.36. The molecule has 94 valence electrons. The number of anilines is 2. The van der Waals surface area contributed by atoms with Crippen LogP contribution in [-0.2, 0) is 0 Å². The number of nitrogens with two attached hydrogens (primary N) is 1. The number of hydrogen-bond acceptors (Lipinski definition) is 3. The molecule has 0 spiro atoms. The van der Waals surface area contributed by atoms with Crippen LogP contribution >= 0.6 is 0 Å². The summed E-state index contributed by atoms with van der Waals surface area (Å²) in [6.07, 6.45) is 0. The Balaban J connectivity index is 2.26. The quantitative estimate of drug-likeness (QED) is 0.754. The second kappa shape index (κ2) is 4.57. The van der Waals surface area contributed by atoms with Gasteiger partial charge in [0.05, 0.1) is 0 Å². The molecule has 1 aliphatic heterocycles. The van der Waals surface area contributed by atoms with Gasteiger partial charge in [-0.05, 0) is 45.5 Å². The third-order valence-corrected chi connectivity index (χ3v) is 4.05. The van der Waals surface area contributed by atoms with Crippen molar-refractivity contribution in [3.05, 3.63) is 23.8 Å². The van der Waals surface area contributed by atoms with Crippen molar-refractivity contribution in [2.75, 3.05) is 30.8 Å². The van der Waals surface area contributed by atoms with Crippen LogP contribution in [0.25, 0.3) is 0 Å². The van der Waals surface area contributed by atoms with Gasteiger partial charge in [0.2, 0.25) is 0 Å². The lowest BCUT2D eigenvalue weighted by molar-refractivity contribution is 0.170. The summed E-state index contributed by atoms with van der Waals surface area (Å²) in [7, 11) is 2.21. The predicted molar refractivity (Wildman–Crippen MR) is 74.5 cm³/mol. The average molecular weight is 233 g/mol. The Morgan fingerprint density at radius 1 is 1.18 bits per heavy atom. The van der Waals surface area contributed by atoms with E-state index in [4.69, 9.17) is 5.73 Å². The van der Waals surface area contributed by atoms with Crippen LogP contribution in [0.3, 0.4) is 0 Å². The van der Waals surface area contributed by atoms with Gasteiger partial charge in [0, 0.05) is 36.5 Å². The molecular weight excluding hydrogens is 210 g/mol. The Kier molecular flexibility index (Phi) is 3.29. The molecule has 0 radical (unpaired) electrons. The summed E-state index contributed by atoms with van der Waals surface area (Å²) in [6.45, 7) is 8.82. The van der Waals surface area contributed by atoms with E-state index in [1.54, 1.807) is 0 Å². The Labute approximate surface area is 104 Å². The topological polar surface area (TPSA) is 32.5 Å². The van der Waals surface area contributed by atoms with Crippen molar-refractivity contribution in [1.29, 1.82) is 0 Å². The maximum atomic E-state index is 5.99. The molecule has 0 aromatic heterocycles. The van der Waals surface area contributed by atoms with Gasteiger partial charge in [0.15, 0.2) is 0 Å². The molecule has 0 bridgehead atoms. The first-order chi connectivity index (χ1) is 8.00. The second-order valence-corrected chi connectivity index (χ2v) is 5.26. The Morgan fingerprint density at radius 3 is 2.35 bits per heavy atom. The summed E-state index contributed by atoms with van der Waals surface area (Å²) in [5.74, 6) is 0. The zero-order chi connectivity index (χ0) is 12.6. The van der Waals surface area contributed by atoms with Gasteiger partial charge in [-0.1, -0.05) is 6.07 Å². The van der Waals surface area contributed by atoms with E-state index in [1.165, 1.54) is 11.3 Å². The van der Waals surface area contributed by atoms with Gasteiger partial charge in [0.25, 0.3) is 0 Å². The number of piperazine rings is 1. The van der Waals surface area contributed by atoms with E-state index < -0.39 is 0 Å². The highest BCUT2D eigenvalue weighted by Crippen LogP contribution is 2.27. The van der Waals surface area contributed by atoms with Crippen LogP contribution in [0.15, 0.2) is 18.2 Å². The SMILES string of the molecule is Cc1c(N)cccc1N1CC(C)N(C)C(C)C1. The normalized spacial score (nSPS) is 26.2. The van der Waals surface area contributed by atoms with E-state index in [2.05, 4.69) is 43.7 Å². The molecule has 1 aliphatic rings. The first kappa shape index (κ1) is 12.2.